The molecule has 2 rings (SSSR count). The van der Waals surface area contributed by atoms with E-state index in [1.54, 1.807) is 4.57 Å². The lowest BCUT2D eigenvalue weighted by Crippen LogP contribution is -2.44. The lowest BCUT2D eigenvalue weighted by Gasteiger charge is -2.20. The summed E-state index contributed by atoms with van der Waals surface area (Å²) < 4.78 is 2.90. The Morgan fingerprint density at radius 3 is 2.71 bits per heavy atom. The lowest BCUT2D eigenvalue weighted by molar-refractivity contribution is -0.136. The number of fused-ring (bicyclic) bond motifs is 1. The van der Waals surface area contributed by atoms with E-state index >= 15 is 0 Å². The molecule has 1 aliphatic rings. The molecule has 24 heavy (non-hydrogen) atoms. The van der Waals surface area contributed by atoms with E-state index in [9.17, 15) is 14.4 Å². The van der Waals surface area contributed by atoms with Crippen molar-refractivity contribution in [3.05, 3.63) is 16.3 Å². The molecule has 0 bridgehead atoms. The van der Waals surface area contributed by atoms with Crippen molar-refractivity contribution in [1.29, 1.82) is 0 Å². The number of nitrogens with one attached hydrogen (secondary N) is 1. The molecule has 134 valence electrons. The molecule has 0 aromatic carbocycles. The Balaban J connectivity index is 2.05. The maximum atomic E-state index is 12.4. The number of aryl methyl sites for hydroxylation is 1. The van der Waals surface area contributed by atoms with Crippen LogP contribution in [0.1, 0.15) is 45.9 Å². The van der Waals surface area contributed by atoms with Crippen LogP contribution in [0.4, 0.5) is 0 Å². The topological polar surface area (TPSA) is 89.2 Å². The fourth-order valence-corrected chi connectivity index (χ4v) is 2.87. The molecule has 0 radical (unpaired) electrons. The van der Waals surface area contributed by atoms with E-state index in [1.165, 1.54) is 9.58 Å². The van der Waals surface area contributed by atoms with Gasteiger partial charge in [0.15, 0.2) is 0 Å². The van der Waals surface area contributed by atoms with Crippen molar-refractivity contribution >= 4 is 11.8 Å². The number of hydrogen-bond donors (Lipinski definition) is 1. The van der Waals surface area contributed by atoms with Gasteiger partial charge in [-0.1, -0.05) is 6.42 Å². The van der Waals surface area contributed by atoms with Crippen molar-refractivity contribution in [3.63, 3.8) is 0 Å². The molecule has 8 heteroatoms. The summed E-state index contributed by atoms with van der Waals surface area (Å²) in [4.78, 5) is 38.1. The summed E-state index contributed by atoms with van der Waals surface area (Å²) in [7, 11) is 0. The third-order valence-electron chi connectivity index (χ3n) is 4.09. The van der Waals surface area contributed by atoms with Crippen LogP contribution >= 0.6 is 0 Å². The summed E-state index contributed by atoms with van der Waals surface area (Å²) in [6.07, 6.45) is 3.84. The minimum absolute atomic E-state index is 0.00414. The molecular weight excluding hydrogens is 310 g/mol. The number of rotatable bonds is 6. The van der Waals surface area contributed by atoms with Gasteiger partial charge in [0.2, 0.25) is 11.8 Å². The van der Waals surface area contributed by atoms with Crippen molar-refractivity contribution in [2.75, 3.05) is 13.1 Å². The first-order valence-electron chi connectivity index (χ1n) is 8.66. The van der Waals surface area contributed by atoms with Gasteiger partial charge in [0.25, 0.3) is 0 Å². The second-order valence-electron chi connectivity index (χ2n) is 6.45. The average Bonchev–Trinajstić information content (AvgIpc) is 2.69. The van der Waals surface area contributed by atoms with Gasteiger partial charge < -0.3 is 10.2 Å². The molecule has 0 aliphatic carbocycles. The molecule has 1 aromatic rings. The van der Waals surface area contributed by atoms with E-state index in [-0.39, 0.29) is 36.6 Å². The zero-order valence-corrected chi connectivity index (χ0v) is 14.7. The van der Waals surface area contributed by atoms with Gasteiger partial charge in [-0.05, 0) is 33.6 Å². The van der Waals surface area contributed by atoms with E-state index < -0.39 is 0 Å². The standard InChI is InChI=1S/C16H27N5O3/c1-4-19(10-14(22)17-12(2)3)15(23)11-21-16(24)20-9-7-5-6-8-13(20)18-21/h12H,4-11H2,1-3H3,(H,17,22). The summed E-state index contributed by atoms with van der Waals surface area (Å²) in [6, 6.07) is 0.0257. The average molecular weight is 337 g/mol. The number of carbonyl (C=O) groups is 2. The molecule has 2 heterocycles. The Bertz CT molecular complexity index is 647. The van der Waals surface area contributed by atoms with Gasteiger partial charge >= 0.3 is 5.69 Å². The summed E-state index contributed by atoms with van der Waals surface area (Å²) >= 11 is 0. The summed E-state index contributed by atoms with van der Waals surface area (Å²) in [6.45, 7) is 6.49. The summed E-state index contributed by atoms with van der Waals surface area (Å²) in [5.74, 6) is 0.283. The summed E-state index contributed by atoms with van der Waals surface area (Å²) in [5.41, 5.74) is -0.233. The first-order chi connectivity index (χ1) is 11.4. The number of carbonyl (C=O) groups excluding carboxylic acids is 2. The van der Waals surface area contributed by atoms with Crippen LogP contribution in [0.15, 0.2) is 4.79 Å². The Hall–Kier alpha value is -2.12. The third-order valence-corrected chi connectivity index (χ3v) is 4.09. The van der Waals surface area contributed by atoms with Gasteiger partial charge in [-0.25, -0.2) is 9.48 Å². The maximum absolute atomic E-state index is 12.4. The van der Waals surface area contributed by atoms with Gasteiger partial charge in [0, 0.05) is 25.6 Å². The van der Waals surface area contributed by atoms with Gasteiger partial charge in [-0.15, -0.1) is 0 Å². The third kappa shape index (κ3) is 4.46. The minimum atomic E-state index is -0.272. The van der Waals surface area contributed by atoms with Gasteiger partial charge in [0.1, 0.15) is 12.4 Å². The Morgan fingerprint density at radius 2 is 2.04 bits per heavy atom. The second kappa shape index (κ2) is 8.12. The minimum Gasteiger partial charge on any atom is -0.352 e. The molecular formula is C16H27N5O3. The highest BCUT2D eigenvalue weighted by Gasteiger charge is 2.21. The number of aromatic nitrogens is 3. The maximum Gasteiger partial charge on any atom is 0.346 e. The fourth-order valence-electron chi connectivity index (χ4n) is 2.87. The molecule has 0 unspecified atom stereocenters. The summed E-state index contributed by atoms with van der Waals surface area (Å²) in [5, 5.41) is 7.08. The van der Waals surface area contributed by atoms with Crippen LogP contribution in [0.25, 0.3) is 0 Å². The Labute approximate surface area is 141 Å². The highest BCUT2D eigenvalue weighted by molar-refractivity contribution is 5.84. The lowest BCUT2D eigenvalue weighted by atomic mass is 10.2. The fraction of sp³-hybridized carbons (Fsp3) is 0.750. The van der Waals surface area contributed by atoms with Crippen LogP contribution in [0.5, 0.6) is 0 Å². The molecule has 0 saturated heterocycles. The largest absolute Gasteiger partial charge is 0.352 e. The first-order valence-corrected chi connectivity index (χ1v) is 8.66. The van der Waals surface area contributed by atoms with Crippen molar-refractivity contribution < 1.29 is 9.59 Å². The van der Waals surface area contributed by atoms with Gasteiger partial charge in [-0.2, -0.15) is 5.10 Å². The van der Waals surface area contributed by atoms with Crippen LogP contribution in [0.2, 0.25) is 0 Å². The Kier molecular flexibility index (Phi) is 6.16. The highest BCUT2D eigenvalue weighted by Crippen LogP contribution is 2.10. The van der Waals surface area contributed by atoms with E-state index in [1.807, 2.05) is 20.8 Å². The molecule has 1 N–H and O–H groups in total. The highest BCUT2D eigenvalue weighted by atomic mass is 16.2. The zero-order valence-electron chi connectivity index (χ0n) is 14.7. The molecule has 1 aromatic heterocycles. The molecule has 0 atom stereocenters. The van der Waals surface area contributed by atoms with Crippen molar-refractivity contribution in [2.45, 2.75) is 65.6 Å². The zero-order chi connectivity index (χ0) is 17.7. The molecule has 0 saturated carbocycles. The van der Waals surface area contributed by atoms with E-state index in [0.717, 1.165) is 31.5 Å². The SMILES string of the molecule is CCN(CC(=O)NC(C)C)C(=O)Cn1nc2n(c1=O)CCCCC2. The van der Waals surface area contributed by atoms with Crippen molar-refractivity contribution in [3.8, 4) is 0 Å². The smallest absolute Gasteiger partial charge is 0.346 e. The first kappa shape index (κ1) is 18.2. The van der Waals surface area contributed by atoms with Crippen LogP contribution in [0, 0.1) is 0 Å². The predicted octanol–water partition coefficient (Wildman–Crippen LogP) is 0.144. The number of amides is 2. The van der Waals surface area contributed by atoms with Crippen LogP contribution in [0.3, 0.4) is 0 Å². The van der Waals surface area contributed by atoms with Crippen LogP contribution < -0.4 is 11.0 Å². The predicted molar refractivity (Wildman–Crippen MR) is 89.6 cm³/mol. The quantitative estimate of drug-likeness (QED) is 0.800. The van der Waals surface area contributed by atoms with Crippen LogP contribution in [-0.2, 0) is 29.1 Å². The van der Waals surface area contributed by atoms with Crippen molar-refractivity contribution in [1.82, 2.24) is 24.6 Å². The number of likely N-dealkylation sites (N-methyl/N-ethyl adjacent to an activating group) is 1. The van der Waals surface area contributed by atoms with Crippen molar-refractivity contribution in [2.24, 2.45) is 0 Å². The second-order valence-corrected chi connectivity index (χ2v) is 6.45. The van der Waals surface area contributed by atoms with Crippen LogP contribution in [-0.4, -0.2) is 50.2 Å². The van der Waals surface area contributed by atoms with E-state index in [2.05, 4.69) is 10.4 Å². The normalized spacial score (nSPS) is 14.2. The number of nitrogens with zero attached hydrogens (tertiary/aromatic N) is 4. The van der Waals surface area contributed by atoms with E-state index in [4.69, 9.17) is 0 Å². The van der Waals surface area contributed by atoms with Gasteiger partial charge in [-0.3, -0.25) is 14.2 Å². The van der Waals surface area contributed by atoms with E-state index in [0.29, 0.717) is 13.1 Å². The molecule has 0 fully saturated rings. The molecule has 1 aliphatic heterocycles. The molecule has 8 nitrogen and oxygen atoms in total. The number of hydrogen-bond acceptors (Lipinski definition) is 4. The monoisotopic (exact) mass is 337 g/mol. The molecule has 0 spiro atoms. The molecule has 2 amide bonds. The Morgan fingerprint density at radius 1 is 1.29 bits per heavy atom. The van der Waals surface area contributed by atoms with Gasteiger partial charge in [0.05, 0.1) is 6.54 Å².